The highest BCUT2D eigenvalue weighted by Gasteiger charge is 2.13. The highest BCUT2D eigenvalue weighted by atomic mass is 16.5. The molecule has 0 aliphatic heterocycles. The largest absolute Gasteiger partial charge is 0.473 e. The molecule has 0 saturated carbocycles. The van der Waals surface area contributed by atoms with Crippen molar-refractivity contribution in [3.05, 3.63) is 62.7 Å². The van der Waals surface area contributed by atoms with Crippen LogP contribution in [-0.2, 0) is 20.5 Å². The van der Waals surface area contributed by atoms with Crippen molar-refractivity contribution in [1.29, 1.82) is 0 Å². The van der Waals surface area contributed by atoms with Crippen LogP contribution in [0.4, 0.5) is 11.4 Å². The van der Waals surface area contributed by atoms with Gasteiger partial charge in [-0.2, -0.15) is 0 Å². The molecule has 7 nitrogen and oxygen atoms in total. The smallest absolute Gasteiger partial charge is 0.316 e. The van der Waals surface area contributed by atoms with Gasteiger partial charge < -0.3 is 24.1 Å². The number of anilines is 2. The highest BCUT2D eigenvalue weighted by Crippen LogP contribution is 2.29. The summed E-state index contributed by atoms with van der Waals surface area (Å²) in [4.78, 5) is 26.2. The Bertz CT molecular complexity index is 1110. The molecule has 0 unspecified atom stereocenters. The fourth-order valence-corrected chi connectivity index (χ4v) is 3.14. The molecular weight excluding hydrogens is 356 g/mol. The first-order valence-electron chi connectivity index (χ1n) is 9.20. The van der Waals surface area contributed by atoms with Gasteiger partial charge in [0.15, 0.2) is 6.73 Å². The third-order valence-electron chi connectivity index (χ3n) is 4.92. The number of benzene rings is 2. The Morgan fingerprint density at radius 2 is 1.54 bits per heavy atom. The molecule has 0 spiro atoms. The van der Waals surface area contributed by atoms with Crippen molar-refractivity contribution in [3.63, 3.8) is 0 Å². The fraction of sp³-hybridized carbons (Fsp3) is 0.333. The maximum Gasteiger partial charge on any atom is 0.316 e. The second kappa shape index (κ2) is 7.80. The number of nitrogens with one attached hydrogen (secondary N) is 1. The van der Waals surface area contributed by atoms with E-state index in [1.807, 2.05) is 55.4 Å². The zero-order chi connectivity index (χ0) is 20.4. The van der Waals surface area contributed by atoms with Crippen LogP contribution < -0.4 is 26.1 Å². The molecule has 0 fully saturated rings. The molecule has 2 aromatic carbocycles. The molecule has 1 aromatic heterocycles. The second-order valence-corrected chi connectivity index (χ2v) is 6.94. The Labute approximate surface area is 163 Å². The van der Waals surface area contributed by atoms with Crippen molar-refractivity contribution in [1.82, 2.24) is 9.13 Å². The maximum absolute atomic E-state index is 12.2. The van der Waals surface area contributed by atoms with Crippen LogP contribution in [-0.4, -0.2) is 30.0 Å². The van der Waals surface area contributed by atoms with Crippen LogP contribution in [0.25, 0.3) is 11.0 Å². The Morgan fingerprint density at radius 1 is 0.964 bits per heavy atom. The quantitative estimate of drug-likeness (QED) is 0.523. The maximum atomic E-state index is 12.2. The van der Waals surface area contributed by atoms with Gasteiger partial charge in [-0.05, 0) is 36.2 Å². The standard InChI is InChI=1S/C21H26N4O3/c1-6-14-7-9-15(10-8-14)28-13-22-16-11-18-19(12-17(16)23(2)3)25(5)21(27)20(26)24(18)4/h7-12,22H,6,13H2,1-5H3. The van der Waals surface area contributed by atoms with Crippen molar-refractivity contribution < 1.29 is 4.74 Å². The van der Waals surface area contributed by atoms with Crippen LogP contribution >= 0.6 is 0 Å². The van der Waals surface area contributed by atoms with E-state index in [-0.39, 0.29) is 6.73 Å². The van der Waals surface area contributed by atoms with E-state index in [0.29, 0.717) is 11.0 Å². The van der Waals surface area contributed by atoms with Gasteiger partial charge in [-0.1, -0.05) is 19.1 Å². The van der Waals surface area contributed by atoms with E-state index >= 15 is 0 Å². The van der Waals surface area contributed by atoms with Gasteiger partial charge in [-0.25, -0.2) is 0 Å². The summed E-state index contributed by atoms with van der Waals surface area (Å²) in [6.45, 7) is 2.39. The molecule has 0 bridgehead atoms. The molecular formula is C21H26N4O3. The first kappa shape index (κ1) is 19.5. The van der Waals surface area contributed by atoms with E-state index in [2.05, 4.69) is 12.2 Å². The predicted molar refractivity (Wildman–Crippen MR) is 114 cm³/mol. The molecule has 28 heavy (non-hydrogen) atoms. The van der Waals surface area contributed by atoms with Crippen LogP contribution in [0, 0.1) is 0 Å². The Balaban J connectivity index is 1.93. The Hall–Kier alpha value is -3.22. The number of aromatic nitrogens is 2. The summed E-state index contributed by atoms with van der Waals surface area (Å²) in [7, 11) is 7.08. The zero-order valence-electron chi connectivity index (χ0n) is 16.9. The van der Waals surface area contributed by atoms with Gasteiger partial charge in [0.25, 0.3) is 0 Å². The van der Waals surface area contributed by atoms with Gasteiger partial charge in [0.05, 0.1) is 22.4 Å². The van der Waals surface area contributed by atoms with Crippen molar-refractivity contribution in [2.24, 2.45) is 14.1 Å². The number of nitrogens with zero attached hydrogens (tertiary/aromatic N) is 3. The summed E-state index contributed by atoms with van der Waals surface area (Å²) in [6.07, 6.45) is 0.989. The van der Waals surface area contributed by atoms with Gasteiger partial charge in [-0.3, -0.25) is 9.59 Å². The van der Waals surface area contributed by atoms with Crippen molar-refractivity contribution >= 4 is 22.4 Å². The van der Waals surface area contributed by atoms with Crippen LogP contribution in [0.5, 0.6) is 5.75 Å². The average Bonchev–Trinajstić information content (AvgIpc) is 2.70. The summed E-state index contributed by atoms with van der Waals surface area (Å²) in [5.41, 5.74) is 3.24. The van der Waals surface area contributed by atoms with Crippen LogP contribution in [0.15, 0.2) is 46.0 Å². The first-order valence-corrected chi connectivity index (χ1v) is 9.20. The molecule has 0 aliphatic rings. The SMILES string of the molecule is CCc1ccc(OCNc2cc3c(cc2N(C)C)n(C)c(=O)c(=O)n3C)cc1. The molecule has 3 aromatic rings. The molecule has 0 radical (unpaired) electrons. The summed E-state index contributed by atoms with van der Waals surface area (Å²) < 4.78 is 8.57. The van der Waals surface area contributed by atoms with Gasteiger partial charge in [0, 0.05) is 28.2 Å². The molecule has 3 rings (SSSR count). The number of ether oxygens (including phenoxy) is 1. The molecule has 148 valence electrons. The minimum atomic E-state index is -0.550. The van der Waals surface area contributed by atoms with Gasteiger partial charge in [0.1, 0.15) is 5.75 Å². The fourth-order valence-electron chi connectivity index (χ4n) is 3.14. The normalized spacial score (nSPS) is 10.9. The highest BCUT2D eigenvalue weighted by molar-refractivity contribution is 5.88. The molecule has 0 atom stereocenters. The zero-order valence-corrected chi connectivity index (χ0v) is 16.9. The third kappa shape index (κ3) is 3.60. The molecule has 1 N–H and O–H groups in total. The average molecular weight is 382 g/mol. The monoisotopic (exact) mass is 382 g/mol. The molecule has 0 saturated heterocycles. The van der Waals surface area contributed by atoms with Crippen molar-refractivity contribution in [3.8, 4) is 5.75 Å². The Kier molecular flexibility index (Phi) is 5.44. The number of aryl methyl sites for hydroxylation is 3. The number of hydrogen-bond acceptors (Lipinski definition) is 5. The van der Waals surface area contributed by atoms with E-state index in [1.54, 1.807) is 14.1 Å². The van der Waals surface area contributed by atoms with Crippen LogP contribution in [0.2, 0.25) is 0 Å². The van der Waals surface area contributed by atoms with Gasteiger partial charge in [0.2, 0.25) is 0 Å². The molecule has 0 aliphatic carbocycles. The van der Waals surface area contributed by atoms with Crippen molar-refractivity contribution in [2.45, 2.75) is 13.3 Å². The lowest BCUT2D eigenvalue weighted by Gasteiger charge is -2.21. The predicted octanol–water partition coefficient (Wildman–Crippen LogP) is 2.31. The number of rotatable bonds is 6. The first-order chi connectivity index (χ1) is 13.3. The van der Waals surface area contributed by atoms with E-state index < -0.39 is 11.1 Å². The molecule has 7 heteroatoms. The lowest BCUT2D eigenvalue weighted by atomic mass is 10.2. The summed E-state index contributed by atoms with van der Waals surface area (Å²) in [5.74, 6) is 0.784. The minimum Gasteiger partial charge on any atom is -0.473 e. The number of fused-ring (bicyclic) bond motifs is 1. The van der Waals surface area contributed by atoms with Crippen molar-refractivity contribution in [2.75, 3.05) is 31.0 Å². The van der Waals surface area contributed by atoms with Crippen LogP contribution in [0.3, 0.4) is 0 Å². The van der Waals surface area contributed by atoms with E-state index in [9.17, 15) is 9.59 Å². The Morgan fingerprint density at radius 3 is 2.07 bits per heavy atom. The van der Waals surface area contributed by atoms with Crippen LogP contribution in [0.1, 0.15) is 12.5 Å². The summed E-state index contributed by atoms with van der Waals surface area (Å²) in [5, 5.41) is 3.28. The lowest BCUT2D eigenvalue weighted by Crippen LogP contribution is -2.39. The lowest BCUT2D eigenvalue weighted by molar-refractivity contribution is 0.347. The molecule has 0 amide bonds. The second-order valence-electron chi connectivity index (χ2n) is 6.94. The minimum absolute atomic E-state index is 0.275. The van der Waals surface area contributed by atoms with Gasteiger partial charge in [-0.15, -0.1) is 0 Å². The van der Waals surface area contributed by atoms with E-state index in [1.165, 1.54) is 14.7 Å². The summed E-state index contributed by atoms with van der Waals surface area (Å²) in [6, 6.07) is 11.8. The summed E-state index contributed by atoms with van der Waals surface area (Å²) >= 11 is 0. The molecule has 1 heterocycles. The van der Waals surface area contributed by atoms with Gasteiger partial charge >= 0.3 is 11.1 Å². The topological polar surface area (TPSA) is 68.5 Å². The van der Waals surface area contributed by atoms with E-state index in [4.69, 9.17) is 4.74 Å². The van der Waals surface area contributed by atoms with E-state index in [0.717, 1.165) is 23.5 Å². The number of hydrogen-bond donors (Lipinski definition) is 1. The third-order valence-corrected chi connectivity index (χ3v) is 4.92.